The molecule has 28 heavy (non-hydrogen) atoms. The number of hydrazone groups is 1. The molecule has 0 saturated carbocycles. The predicted molar refractivity (Wildman–Crippen MR) is 110 cm³/mol. The molecule has 0 unspecified atom stereocenters. The molecule has 2 N–H and O–H groups in total. The van der Waals surface area contributed by atoms with Gasteiger partial charge in [0.25, 0.3) is 11.8 Å². The van der Waals surface area contributed by atoms with Crippen molar-refractivity contribution in [3.05, 3.63) is 94.8 Å². The van der Waals surface area contributed by atoms with Crippen molar-refractivity contribution in [3.63, 3.8) is 0 Å². The van der Waals surface area contributed by atoms with Crippen molar-refractivity contribution in [2.24, 2.45) is 5.10 Å². The first-order valence-electron chi connectivity index (χ1n) is 8.45. The van der Waals surface area contributed by atoms with Crippen LogP contribution >= 0.6 is 11.6 Å². The van der Waals surface area contributed by atoms with Crippen LogP contribution in [0.15, 0.2) is 78.2 Å². The molecule has 0 saturated heterocycles. The van der Waals surface area contributed by atoms with Gasteiger partial charge in [-0.25, -0.2) is 5.43 Å². The third-order valence-corrected chi connectivity index (χ3v) is 4.15. The van der Waals surface area contributed by atoms with Crippen molar-refractivity contribution >= 4 is 34.8 Å². The third kappa shape index (κ3) is 5.02. The second-order valence-electron chi connectivity index (χ2n) is 5.92. The molecular formula is C21H17ClN4O2. The Morgan fingerprint density at radius 2 is 1.68 bits per heavy atom. The zero-order valence-corrected chi connectivity index (χ0v) is 15.8. The molecule has 0 aliphatic carbocycles. The van der Waals surface area contributed by atoms with Crippen LogP contribution in [0.3, 0.4) is 0 Å². The van der Waals surface area contributed by atoms with Crippen molar-refractivity contribution in [2.45, 2.75) is 6.92 Å². The zero-order chi connectivity index (χ0) is 19.9. The summed E-state index contributed by atoms with van der Waals surface area (Å²) in [7, 11) is 0. The van der Waals surface area contributed by atoms with Crippen molar-refractivity contribution in [2.75, 3.05) is 5.32 Å². The Hall–Kier alpha value is -3.51. The second kappa shape index (κ2) is 8.92. The molecule has 3 rings (SSSR count). The lowest BCUT2D eigenvalue weighted by atomic mass is 10.1. The SMILES string of the molecule is CC(=NNC(=O)c1cccnc1)c1cccc(NC(=O)c2ccc(Cl)cc2)c1. The Morgan fingerprint density at radius 3 is 2.39 bits per heavy atom. The van der Waals surface area contributed by atoms with Gasteiger partial charge in [-0.2, -0.15) is 5.10 Å². The molecule has 2 aromatic carbocycles. The van der Waals surface area contributed by atoms with Gasteiger partial charge in [0.15, 0.2) is 0 Å². The molecule has 0 aliphatic heterocycles. The van der Waals surface area contributed by atoms with E-state index >= 15 is 0 Å². The molecule has 0 fully saturated rings. The van der Waals surface area contributed by atoms with Gasteiger partial charge >= 0.3 is 0 Å². The van der Waals surface area contributed by atoms with Crippen molar-refractivity contribution in [1.82, 2.24) is 10.4 Å². The lowest BCUT2D eigenvalue weighted by molar-refractivity contribution is 0.0953. The van der Waals surface area contributed by atoms with E-state index in [9.17, 15) is 9.59 Å². The average Bonchev–Trinajstić information content (AvgIpc) is 2.73. The van der Waals surface area contributed by atoms with Gasteiger partial charge < -0.3 is 5.32 Å². The van der Waals surface area contributed by atoms with Crippen LogP contribution in [0.2, 0.25) is 5.02 Å². The van der Waals surface area contributed by atoms with Crippen molar-refractivity contribution < 1.29 is 9.59 Å². The Bertz CT molecular complexity index is 1020. The number of halogens is 1. The number of nitrogens with zero attached hydrogens (tertiary/aromatic N) is 2. The summed E-state index contributed by atoms with van der Waals surface area (Å²) in [5, 5.41) is 7.52. The number of hydrogen-bond donors (Lipinski definition) is 2. The van der Waals surface area contributed by atoms with Crippen LogP contribution in [0.1, 0.15) is 33.2 Å². The van der Waals surface area contributed by atoms with Gasteiger partial charge in [-0.3, -0.25) is 14.6 Å². The van der Waals surface area contributed by atoms with E-state index in [0.717, 1.165) is 5.56 Å². The molecule has 0 spiro atoms. The minimum atomic E-state index is -0.348. The van der Waals surface area contributed by atoms with E-state index in [1.54, 1.807) is 67.7 Å². The number of anilines is 1. The maximum atomic E-state index is 12.3. The summed E-state index contributed by atoms with van der Waals surface area (Å²) >= 11 is 5.84. The fraction of sp³-hybridized carbons (Fsp3) is 0.0476. The summed E-state index contributed by atoms with van der Waals surface area (Å²) in [6.07, 6.45) is 3.06. The number of carbonyl (C=O) groups is 2. The topological polar surface area (TPSA) is 83.4 Å². The van der Waals surface area contributed by atoms with Gasteiger partial charge in [0.05, 0.1) is 11.3 Å². The highest BCUT2D eigenvalue weighted by atomic mass is 35.5. The number of aromatic nitrogens is 1. The van der Waals surface area contributed by atoms with E-state index in [4.69, 9.17) is 11.6 Å². The smallest absolute Gasteiger partial charge is 0.272 e. The minimum absolute atomic E-state index is 0.242. The number of rotatable bonds is 5. The maximum absolute atomic E-state index is 12.3. The fourth-order valence-corrected chi connectivity index (χ4v) is 2.51. The highest BCUT2D eigenvalue weighted by Gasteiger charge is 2.08. The molecule has 140 valence electrons. The van der Waals surface area contributed by atoms with Crippen molar-refractivity contribution in [3.8, 4) is 0 Å². The van der Waals surface area contributed by atoms with Crippen LogP contribution in [0, 0.1) is 0 Å². The average molecular weight is 393 g/mol. The van der Waals surface area contributed by atoms with E-state index in [1.165, 1.54) is 6.20 Å². The summed E-state index contributed by atoms with van der Waals surface area (Å²) < 4.78 is 0. The first kappa shape index (κ1) is 19.3. The maximum Gasteiger partial charge on any atom is 0.272 e. The summed E-state index contributed by atoms with van der Waals surface area (Å²) in [4.78, 5) is 28.3. The molecule has 1 heterocycles. The summed E-state index contributed by atoms with van der Waals surface area (Å²) in [5.74, 6) is -0.590. The molecule has 0 bridgehead atoms. The van der Waals surface area contributed by atoms with Crippen LogP contribution in [0.5, 0.6) is 0 Å². The lowest BCUT2D eigenvalue weighted by Crippen LogP contribution is -2.19. The number of carbonyl (C=O) groups excluding carboxylic acids is 2. The lowest BCUT2D eigenvalue weighted by Gasteiger charge is -2.08. The zero-order valence-electron chi connectivity index (χ0n) is 15.0. The summed E-state index contributed by atoms with van der Waals surface area (Å²) in [5.41, 5.74) is 5.40. The normalized spacial score (nSPS) is 11.0. The van der Waals surface area contributed by atoms with Crippen LogP contribution in [-0.4, -0.2) is 22.5 Å². The quantitative estimate of drug-likeness (QED) is 0.505. The van der Waals surface area contributed by atoms with Gasteiger partial charge in [-0.1, -0.05) is 23.7 Å². The molecule has 6 nitrogen and oxygen atoms in total. The highest BCUT2D eigenvalue weighted by Crippen LogP contribution is 2.15. The van der Waals surface area contributed by atoms with Gasteiger partial charge in [0, 0.05) is 28.7 Å². The van der Waals surface area contributed by atoms with Gasteiger partial charge in [0.1, 0.15) is 0 Å². The summed E-state index contributed by atoms with van der Waals surface area (Å²) in [6, 6.07) is 17.2. The van der Waals surface area contributed by atoms with Gasteiger partial charge in [-0.05, 0) is 61.0 Å². The van der Waals surface area contributed by atoms with Gasteiger partial charge in [-0.15, -0.1) is 0 Å². The first-order valence-corrected chi connectivity index (χ1v) is 8.83. The molecule has 0 aliphatic rings. The molecular weight excluding hydrogens is 376 g/mol. The second-order valence-corrected chi connectivity index (χ2v) is 6.36. The number of pyridine rings is 1. The molecule has 2 amide bonds. The van der Waals surface area contributed by atoms with Crippen LogP contribution < -0.4 is 10.7 Å². The standard InChI is InChI=1S/C21H17ClN4O2/c1-14(25-26-21(28)17-5-3-11-23-13-17)16-4-2-6-19(12-16)24-20(27)15-7-9-18(22)10-8-15/h2-13H,1H3,(H,24,27)(H,26,28). The number of nitrogens with one attached hydrogen (secondary N) is 2. The largest absolute Gasteiger partial charge is 0.322 e. The minimum Gasteiger partial charge on any atom is -0.322 e. The molecule has 3 aromatic rings. The Morgan fingerprint density at radius 1 is 0.929 bits per heavy atom. The van der Waals surface area contributed by atoms with Gasteiger partial charge in [0.2, 0.25) is 0 Å². The van der Waals surface area contributed by atoms with E-state index < -0.39 is 0 Å². The van der Waals surface area contributed by atoms with E-state index in [-0.39, 0.29) is 11.8 Å². The Kier molecular flexibility index (Phi) is 6.14. The molecule has 7 heteroatoms. The molecule has 0 radical (unpaired) electrons. The number of benzene rings is 2. The highest BCUT2D eigenvalue weighted by molar-refractivity contribution is 6.30. The van der Waals surface area contributed by atoms with E-state index in [1.807, 2.05) is 6.07 Å². The molecule has 0 atom stereocenters. The summed E-state index contributed by atoms with van der Waals surface area (Å²) in [6.45, 7) is 1.77. The third-order valence-electron chi connectivity index (χ3n) is 3.89. The van der Waals surface area contributed by atoms with Crippen LogP contribution in [0.4, 0.5) is 5.69 Å². The van der Waals surface area contributed by atoms with E-state index in [2.05, 4.69) is 20.8 Å². The predicted octanol–water partition coefficient (Wildman–Crippen LogP) is 4.14. The Balaban J connectivity index is 1.69. The number of hydrogen-bond acceptors (Lipinski definition) is 4. The first-order chi connectivity index (χ1) is 13.5. The Labute approximate surface area is 167 Å². The molecule has 1 aromatic heterocycles. The number of amides is 2. The van der Waals surface area contributed by atoms with Crippen molar-refractivity contribution in [1.29, 1.82) is 0 Å². The van der Waals surface area contributed by atoms with Crippen LogP contribution in [-0.2, 0) is 0 Å². The van der Waals surface area contributed by atoms with E-state index in [0.29, 0.717) is 27.5 Å². The monoisotopic (exact) mass is 392 g/mol. The van der Waals surface area contributed by atoms with Crippen LogP contribution in [0.25, 0.3) is 0 Å². The fourth-order valence-electron chi connectivity index (χ4n) is 2.39.